The first-order chi connectivity index (χ1) is 16.1. The van der Waals surface area contributed by atoms with Gasteiger partial charge in [-0.05, 0) is 0 Å². The molecule has 17 heteroatoms. The zero-order chi connectivity index (χ0) is 27.5. The molecule has 0 aliphatic carbocycles. The first-order valence-electron chi connectivity index (χ1n) is 9.74. The van der Waals surface area contributed by atoms with Crippen molar-refractivity contribution in [2.24, 2.45) is 0 Å². The summed E-state index contributed by atoms with van der Waals surface area (Å²) in [6.07, 6.45) is -18.5. The molecule has 0 fully saturated rings. The van der Waals surface area contributed by atoms with Crippen LogP contribution in [0.2, 0.25) is 0 Å². The lowest BCUT2D eigenvalue weighted by Gasteiger charge is -2.29. The number of esters is 2. The second kappa shape index (κ2) is 14.7. The van der Waals surface area contributed by atoms with Gasteiger partial charge in [0.05, 0.1) is 26.1 Å². The average molecular weight is 516 g/mol. The molecule has 0 saturated heterocycles. The van der Waals surface area contributed by atoms with Crippen LogP contribution in [0.5, 0.6) is 0 Å². The number of carboxylic acids is 1. The van der Waals surface area contributed by atoms with Crippen LogP contribution in [-0.4, -0.2) is 149 Å². The number of carbonyl (C=O) groups excluding carboxylic acids is 4. The molecule has 1 unspecified atom stereocenters. The minimum Gasteiger partial charge on any atom is -0.481 e. The molecule has 0 radical (unpaired) electrons. The second-order valence-electron chi connectivity index (χ2n) is 7.33. The molecule has 0 aromatic rings. The molecule has 10 N–H and O–H groups in total. The number of carboxylic acid groups (broad SMARTS) is 1. The first kappa shape index (κ1) is 32.4. The van der Waals surface area contributed by atoms with E-state index in [4.69, 9.17) is 15.3 Å². The summed E-state index contributed by atoms with van der Waals surface area (Å²) in [4.78, 5) is 58.2. The summed E-state index contributed by atoms with van der Waals surface area (Å²) in [6.45, 7) is -3.38. The predicted molar refractivity (Wildman–Crippen MR) is 104 cm³/mol. The van der Waals surface area contributed by atoms with Crippen LogP contribution in [0.4, 0.5) is 0 Å². The SMILES string of the molecule is O=C[C@H](OC(=O)C(O)(CC(=O)O)CC(=O)OCC(=O)[C@@H](O)[C@H](O)[C@H](O)CO)[C@@H](O)[C@H](O)[C@H](O)CO. The number of hydrogen-bond acceptors (Lipinski definition) is 16. The molecule has 8 atom stereocenters. The number of hydrogen-bond donors (Lipinski definition) is 10. The third kappa shape index (κ3) is 9.88. The Bertz CT molecular complexity index is 741. The molecular weight excluding hydrogens is 488 g/mol. The molecule has 0 rings (SSSR count). The molecule has 0 aliphatic rings. The quantitative estimate of drug-likeness (QED) is 0.0634. The van der Waals surface area contributed by atoms with Crippen molar-refractivity contribution in [3.8, 4) is 0 Å². The lowest BCUT2D eigenvalue weighted by atomic mass is 9.95. The molecule has 0 aromatic heterocycles. The largest absolute Gasteiger partial charge is 0.481 e. The predicted octanol–water partition coefficient (Wildman–Crippen LogP) is -7.04. The zero-order valence-electron chi connectivity index (χ0n) is 18.0. The highest BCUT2D eigenvalue weighted by Gasteiger charge is 2.45. The van der Waals surface area contributed by atoms with Crippen LogP contribution in [0.1, 0.15) is 12.8 Å². The molecule has 0 aromatic carbocycles. The fourth-order valence-corrected chi connectivity index (χ4v) is 2.43. The number of Topliss-reactive ketones (excluding diaryl/α,β-unsaturated/α-hetero) is 1. The Balaban J connectivity index is 5.36. The molecule has 17 nitrogen and oxygen atoms in total. The van der Waals surface area contributed by atoms with Gasteiger partial charge in [-0.1, -0.05) is 0 Å². The standard InChI is InChI=1S/C18H28O17/c19-3-7(22)13(28)15(30)9(24)6-34-12(27)2-18(33,1-11(25)26)17(32)35-10(5-21)16(31)14(29)8(23)4-20/h5,7-8,10,13-16,19-20,22-23,28-31,33H,1-4,6H2,(H,25,26)/t7-,8-,10+,13-,14-,15-,16-,18?/m1/s1. The summed E-state index contributed by atoms with van der Waals surface area (Å²) < 4.78 is 8.85. The number of aliphatic carboxylic acids is 1. The van der Waals surface area contributed by atoms with E-state index in [1.54, 1.807) is 0 Å². The fraction of sp³-hybridized carbons (Fsp3) is 0.722. The third-order valence-corrected chi connectivity index (χ3v) is 4.52. The minimum absolute atomic E-state index is 0.262. The molecule has 0 spiro atoms. The molecule has 35 heavy (non-hydrogen) atoms. The maximum Gasteiger partial charge on any atom is 0.340 e. The van der Waals surface area contributed by atoms with Crippen molar-refractivity contribution in [3.05, 3.63) is 0 Å². The second-order valence-corrected chi connectivity index (χ2v) is 7.33. The summed E-state index contributed by atoms with van der Waals surface area (Å²) in [7, 11) is 0. The van der Waals surface area contributed by atoms with E-state index in [1.807, 2.05) is 0 Å². The maximum atomic E-state index is 12.3. The summed E-state index contributed by atoms with van der Waals surface area (Å²) in [5, 5.41) is 93.6. The maximum absolute atomic E-state index is 12.3. The van der Waals surface area contributed by atoms with Crippen molar-refractivity contribution in [2.45, 2.75) is 61.2 Å². The highest BCUT2D eigenvalue weighted by Crippen LogP contribution is 2.21. The lowest BCUT2D eigenvalue weighted by Crippen LogP contribution is -2.52. The highest BCUT2D eigenvalue weighted by atomic mass is 16.6. The van der Waals surface area contributed by atoms with Gasteiger partial charge >= 0.3 is 17.9 Å². The van der Waals surface area contributed by atoms with Crippen LogP contribution in [0, 0.1) is 0 Å². The van der Waals surface area contributed by atoms with E-state index in [-0.39, 0.29) is 6.29 Å². The monoisotopic (exact) mass is 516 g/mol. The third-order valence-electron chi connectivity index (χ3n) is 4.52. The molecule has 0 aliphatic heterocycles. The van der Waals surface area contributed by atoms with Crippen LogP contribution in [0.3, 0.4) is 0 Å². The van der Waals surface area contributed by atoms with E-state index in [0.717, 1.165) is 0 Å². The van der Waals surface area contributed by atoms with Gasteiger partial charge in [0.1, 0.15) is 36.6 Å². The van der Waals surface area contributed by atoms with E-state index in [2.05, 4.69) is 9.47 Å². The Kier molecular flexibility index (Phi) is 13.6. The number of ketones is 1. The van der Waals surface area contributed by atoms with Gasteiger partial charge in [-0.15, -0.1) is 0 Å². The molecule has 0 bridgehead atoms. The van der Waals surface area contributed by atoms with Gasteiger partial charge in [-0.25, -0.2) is 4.79 Å². The van der Waals surface area contributed by atoms with E-state index in [9.17, 15) is 59.7 Å². The summed E-state index contributed by atoms with van der Waals surface area (Å²) in [5.41, 5.74) is -3.24. The lowest BCUT2D eigenvalue weighted by molar-refractivity contribution is -0.190. The number of aliphatic hydroxyl groups is 9. The van der Waals surface area contributed by atoms with Gasteiger partial charge in [-0.3, -0.25) is 19.2 Å². The van der Waals surface area contributed by atoms with Crippen LogP contribution in [0.15, 0.2) is 0 Å². The van der Waals surface area contributed by atoms with Gasteiger partial charge in [0.2, 0.25) is 5.78 Å². The van der Waals surface area contributed by atoms with E-state index in [1.165, 1.54) is 0 Å². The topological polar surface area (TPSA) is 306 Å². The Morgan fingerprint density at radius 3 is 1.80 bits per heavy atom. The van der Waals surface area contributed by atoms with Crippen LogP contribution < -0.4 is 0 Å². The van der Waals surface area contributed by atoms with Crippen LogP contribution >= 0.6 is 0 Å². The summed E-state index contributed by atoms with van der Waals surface area (Å²) in [5.74, 6) is -6.82. The summed E-state index contributed by atoms with van der Waals surface area (Å²) in [6, 6.07) is 0. The minimum atomic E-state index is -3.24. The van der Waals surface area contributed by atoms with Gasteiger partial charge in [0.15, 0.2) is 24.6 Å². The van der Waals surface area contributed by atoms with Crippen molar-refractivity contribution >= 4 is 30.0 Å². The number of aldehydes is 1. The van der Waals surface area contributed by atoms with Crippen LogP contribution in [-0.2, 0) is 33.4 Å². The zero-order valence-corrected chi connectivity index (χ0v) is 18.0. The van der Waals surface area contributed by atoms with E-state index < -0.39 is 105 Å². The van der Waals surface area contributed by atoms with Gasteiger partial charge < -0.3 is 60.5 Å². The van der Waals surface area contributed by atoms with E-state index in [0.29, 0.717) is 0 Å². The molecule has 202 valence electrons. The van der Waals surface area contributed by atoms with Crippen LogP contribution in [0.25, 0.3) is 0 Å². The first-order valence-corrected chi connectivity index (χ1v) is 9.74. The molecule has 0 heterocycles. The normalized spacial score (nSPS) is 19.1. The Labute approximate surface area is 196 Å². The number of rotatable bonds is 17. The Hall–Kier alpha value is -2.61. The van der Waals surface area contributed by atoms with Gasteiger partial charge in [0.25, 0.3) is 0 Å². The van der Waals surface area contributed by atoms with Crippen molar-refractivity contribution in [3.63, 3.8) is 0 Å². The van der Waals surface area contributed by atoms with Gasteiger partial charge in [-0.2, -0.15) is 0 Å². The molecular formula is C18H28O17. The number of aliphatic hydroxyl groups excluding tert-OH is 8. The number of carbonyl (C=O) groups is 5. The van der Waals surface area contributed by atoms with Crippen molar-refractivity contribution in [1.29, 1.82) is 0 Å². The molecule has 0 amide bonds. The molecule has 0 saturated carbocycles. The van der Waals surface area contributed by atoms with Crippen molar-refractivity contribution < 1.29 is 84.5 Å². The van der Waals surface area contributed by atoms with E-state index >= 15 is 0 Å². The average Bonchev–Trinajstić information content (AvgIpc) is 2.81. The Morgan fingerprint density at radius 1 is 0.829 bits per heavy atom. The highest BCUT2D eigenvalue weighted by molar-refractivity contribution is 5.91. The number of ether oxygens (including phenoxy) is 2. The fourth-order valence-electron chi connectivity index (χ4n) is 2.43. The van der Waals surface area contributed by atoms with Crippen molar-refractivity contribution in [1.82, 2.24) is 0 Å². The Morgan fingerprint density at radius 2 is 1.34 bits per heavy atom. The summed E-state index contributed by atoms with van der Waals surface area (Å²) >= 11 is 0. The smallest absolute Gasteiger partial charge is 0.340 e. The van der Waals surface area contributed by atoms with Gasteiger partial charge in [0, 0.05) is 0 Å². The van der Waals surface area contributed by atoms with Crippen molar-refractivity contribution in [2.75, 3.05) is 19.8 Å².